The number of para-hydroxylation sites is 1. The summed E-state index contributed by atoms with van der Waals surface area (Å²) in [5.74, 6) is 0.0361. The summed E-state index contributed by atoms with van der Waals surface area (Å²) >= 11 is 0. The third-order valence-corrected chi connectivity index (χ3v) is 6.44. The Balaban J connectivity index is 1.79. The average Bonchev–Trinajstić information content (AvgIpc) is 2.95. The van der Waals surface area contributed by atoms with Crippen molar-refractivity contribution in [2.24, 2.45) is 0 Å². The molecule has 0 bridgehead atoms. The molecule has 1 fully saturated rings. The van der Waals surface area contributed by atoms with Crippen LogP contribution in [0.3, 0.4) is 0 Å². The van der Waals surface area contributed by atoms with Gasteiger partial charge in [-0.3, -0.25) is 4.79 Å². The third kappa shape index (κ3) is 4.25. The summed E-state index contributed by atoms with van der Waals surface area (Å²) in [6.45, 7) is 4.15. The van der Waals surface area contributed by atoms with Crippen LogP contribution in [-0.2, 0) is 14.6 Å². The first-order valence-corrected chi connectivity index (χ1v) is 10.6. The van der Waals surface area contributed by atoms with E-state index in [1.807, 2.05) is 56.3 Å². The highest BCUT2D eigenvalue weighted by Gasteiger charge is 2.35. The molecule has 5 nitrogen and oxygen atoms in total. The van der Waals surface area contributed by atoms with Crippen LogP contribution in [0.25, 0.3) is 0 Å². The maximum atomic E-state index is 13.0. The molecule has 3 rings (SSSR count). The standard InChI is InChI=1S/C20H24N2O3S/c1-15-8-9-19(16(2)12-15)21-13-20(23)22(17-6-4-3-5-7-17)18-10-11-26(24,25)14-18/h3-9,12,18,21H,10-11,13-14H2,1-2H3. The first kappa shape index (κ1) is 18.5. The van der Waals surface area contributed by atoms with Gasteiger partial charge in [0.15, 0.2) is 9.84 Å². The normalized spacial score (nSPS) is 18.5. The number of aryl methyl sites for hydroxylation is 2. The molecule has 2 aromatic carbocycles. The Morgan fingerprint density at radius 2 is 1.88 bits per heavy atom. The van der Waals surface area contributed by atoms with Gasteiger partial charge in [-0.1, -0.05) is 35.9 Å². The summed E-state index contributed by atoms with van der Waals surface area (Å²) in [5.41, 5.74) is 3.90. The van der Waals surface area contributed by atoms with Crippen molar-refractivity contribution in [2.75, 3.05) is 28.3 Å². The van der Waals surface area contributed by atoms with Gasteiger partial charge in [0.25, 0.3) is 0 Å². The molecule has 26 heavy (non-hydrogen) atoms. The number of rotatable bonds is 5. The Labute approximate surface area is 154 Å². The van der Waals surface area contributed by atoms with Gasteiger partial charge in [0, 0.05) is 11.4 Å². The second kappa shape index (κ2) is 7.50. The molecule has 0 aliphatic carbocycles. The van der Waals surface area contributed by atoms with Gasteiger partial charge in [0.05, 0.1) is 24.1 Å². The van der Waals surface area contributed by atoms with Crippen molar-refractivity contribution >= 4 is 27.1 Å². The van der Waals surface area contributed by atoms with Crippen LogP contribution in [0.1, 0.15) is 17.5 Å². The first-order chi connectivity index (χ1) is 12.4. The second-order valence-electron chi connectivity index (χ2n) is 6.83. The van der Waals surface area contributed by atoms with Gasteiger partial charge in [-0.25, -0.2) is 8.42 Å². The molecule has 0 saturated carbocycles. The summed E-state index contributed by atoms with van der Waals surface area (Å²) in [5, 5.41) is 3.19. The predicted octanol–water partition coefficient (Wildman–Crippen LogP) is 2.94. The van der Waals surface area contributed by atoms with Gasteiger partial charge in [0.1, 0.15) is 0 Å². The molecule has 6 heteroatoms. The van der Waals surface area contributed by atoms with Crippen LogP contribution >= 0.6 is 0 Å². The van der Waals surface area contributed by atoms with E-state index in [4.69, 9.17) is 0 Å². The summed E-state index contributed by atoms with van der Waals surface area (Å²) in [7, 11) is -3.07. The second-order valence-corrected chi connectivity index (χ2v) is 9.06. The largest absolute Gasteiger partial charge is 0.376 e. The minimum Gasteiger partial charge on any atom is -0.376 e. The third-order valence-electron chi connectivity index (χ3n) is 4.69. The van der Waals surface area contributed by atoms with Crippen LogP contribution in [0.5, 0.6) is 0 Å². The molecule has 1 aliphatic heterocycles. The van der Waals surface area contributed by atoms with Crippen LogP contribution < -0.4 is 10.2 Å². The molecule has 0 aromatic heterocycles. The van der Waals surface area contributed by atoms with Crippen molar-refractivity contribution in [3.8, 4) is 0 Å². The van der Waals surface area contributed by atoms with Crippen LogP contribution in [0.2, 0.25) is 0 Å². The number of hydrogen-bond acceptors (Lipinski definition) is 4. The van der Waals surface area contributed by atoms with Crippen LogP contribution in [0, 0.1) is 13.8 Å². The molecule has 1 unspecified atom stereocenters. The summed E-state index contributed by atoms with van der Waals surface area (Å²) in [6.07, 6.45) is 0.479. The topological polar surface area (TPSA) is 66.5 Å². The van der Waals surface area contributed by atoms with Gasteiger partial charge in [0.2, 0.25) is 5.91 Å². The quantitative estimate of drug-likeness (QED) is 0.876. The lowest BCUT2D eigenvalue weighted by Crippen LogP contribution is -2.44. The maximum Gasteiger partial charge on any atom is 0.246 e. The van der Waals surface area contributed by atoms with Crippen LogP contribution in [-0.4, -0.2) is 38.4 Å². The van der Waals surface area contributed by atoms with Crippen molar-refractivity contribution in [3.05, 3.63) is 59.7 Å². The highest BCUT2D eigenvalue weighted by atomic mass is 32.2. The van der Waals surface area contributed by atoms with E-state index in [9.17, 15) is 13.2 Å². The van der Waals surface area contributed by atoms with Gasteiger partial charge in [-0.05, 0) is 44.0 Å². The molecule has 2 aromatic rings. The molecular formula is C20H24N2O3S. The van der Waals surface area contributed by atoms with E-state index in [0.717, 1.165) is 16.9 Å². The minimum atomic E-state index is -3.07. The van der Waals surface area contributed by atoms with Crippen molar-refractivity contribution in [1.82, 2.24) is 0 Å². The predicted molar refractivity (Wildman–Crippen MR) is 105 cm³/mol. The average molecular weight is 372 g/mol. The SMILES string of the molecule is Cc1ccc(NCC(=O)N(c2ccccc2)C2CCS(=O)(=O)C2)c(C)c1. The zero-order valence-corrected chi connectivity index (χ0v) is 15.9. The fraction of sp³-hybridized carbons (Fsp3) is 0.350. The Kier molecular flexibility index (Phi) is 5.32. The van der Waals surface area contributed by atoms with E-state index < -0.39 is 9.84 Å². The van der Waals surface area contributed by atoms with E-state index in [-0.39, 0.29) is 30.0 Å². The molecule has 1 aliphatic rings. The van der Waals surface area contributed by atoms with E-state index in [1.54, 1.807) is 4.90 Å². The van der Waals surface area contributed by atoms with Gasteiger partial charge < -0.3 is 10.2 Å². The fourth-order valence-electron chi connectivity index (χ4n) is 3.39. The van der Waals surface area contributed by atoms with Crippen molar-refractivity contribution < 1.29 is 13.2 Å². The van der Waals surface area contributed by atoms with Crippen LogP contribution in [0.4, 0.5) is 11.4 Å². The zero-order valence-electron chi connectivity index (χ0n) is 15.1. The number of carbonyl (C=O) groups is 1. The molecule has 1 saturated heterocycles. The molecule has 1 N–H and O–H groups in total. The number of carbonyl (C=O) groups excluding carboxylic acids is 1. The number of hydrogen-bond donors (Lipinski definition) is 1. The van der Waals surface area contributed by atoms with E-state index in [2.05, 4.69) is 11.4 Å². The van der Waals surface area contributed by atoms with Crippen molar-refractivity contribution in [3.63, 3.8) is 0 Å². The summed E-state index contributed by atoms with van der Waals surface area (Å²) in [4.78, 5) is 14.6. The monoisotopic (exact) mass is 372 g/mol. The molecule has 1 heterocycles. The van der Waals surface area contributed by atoms with Crippen LogP contribution in [0.15, 0.2) is 48.5 Å². The molecule has 0 radical (unpaired) electrons. The lowest BCUT2D eigenvalue weighted by Gasteiger charge is -2.29. The Bertz CT molecular complexity index is 895. The number of anilines is 2. The van der Waals surface area contributed by atoms with E-state index in [0.29, 0.717) is 6.42 Å². The fourth-order valence-corrected chi connectivity index (χ4v) is 5.09. The smallest absolute Gasteiger partial charge is 0.246 e. The van der Waals surface area contributed by atoms with Crippen molar-refractivity contribution in [2.45, 2.75) is 26.3 Å². The summed E-state index contributed by atoms with van der Waals surface area (Å²) < 4.78 is 23.8. The van der Waals surface area contributed by atoms with Gasteiger partial charge in [-0.2, -0.15) is 0 Å². The first-order valence-electron chi connectivity index (χ1n) is 8.74. The Morgan fingerprint density at radius 1 is 1.15 bits per heavy atom. The van der Waals surface area contributed by atoms with E-state index in [1.165, 1.54) is 5.56 Å². The Hall–Kier alpha value is -2.34. The molecular weight excluding hydrogens is 348 g/mol. The highest BCUT2D eigenvalue weighted by Crippen LogP contribution is 2.25. The minimum absolute atomic E-state index is 0.0250. The highest BCUT2D eigenvalue weighted by molar-refractivity contribution is 7.91. The molecule has 138 valence electrons. The summed E-state index contributed by atoms with van der Waals surface area (Å²) in [6, 6.07) is 15.0. The number of sulfone groups is 1. The van der Waals surface area contributed by atoms with Crippen molar-refractivity contribution in [1.29, 1.82) is 0 Å². The number of benzene rings is 2. The Morgan fingerprint density at radius 3 is 2.50 bits per heavy atom. The maximum absolute atomic E-state index is 13.0. The van der Waals surface area contributed by atoms with Gasteiger partial charge in [-0.15, -0.1) is 0 Å². The lowest BCUT2D eigenvalue weighted by atomic mass is 10.1. The lowest BCUT2D eigenvalue weighted by molar-refractivity contribution is -0.117. The zero-order chi connectivity index (χ0) is 18.7. The number of nitrogens with one attached hydrogen (secondary N) is 1. The van der Waals surface area contributed by atoms with Gasteiger partial charge >= 0.3 is 0 Å². The van der Waals surface area contributed by atoms with E-state index >= 15 is 0 Å². The molecule has 1 amide bonds. The number of nitrogens with zero attached hydrogens (tertiary/aromatic N) is 1. The number of amides is 1. The molecule has 1 atom stereocenters. The molecule has 0 spiro atoms.